The van der Waals surface area contributed by atoms with Crippen LogP contribution in [0.3, 0.4) is 0 Å². The minimum absolute atomic E-state index is 0.0135. The third kappa shape index (κ3) is 3.65. The van der Waals surface area contributed by atoms with Crippen molar-refractivity contribution < 1.29 is 19.2 Å². The molecule has 0 atom stereocenters. The summed E-state index contributed by atoms with van der Waals surface area (Å²) in [5, 5.41) is 21.3. The van der Waals surface area contributed by atoms with Gasteiger partial charge in [0.2, 0.25) is 0 Å². The van der Waals surface area contributed by atoms with Gasteiger partial charge in [-0.3, -0.25) is 19.6 Å². The number of carbonyl (C=O) groups excluding carboxylic acids is 2. The van der Waals surface area contributed by atoms with Crippen molar-refractivity contribution in [1.29, 1.82) is 0 Å². The Labute approximate surface area is 154 Å². The van der Waals surface area contributed by atoms with E-state index >= 15 is 0 Å². The fourth-order valence-electron chi connectivity index (χ4n) is 3.19. The molecule has 1 aromatic carbocycles. The van der Waals surface area contributed by atoms with E-state index in [9.17, 15) is 19.7 Å². The number of nitro groups is 1. The van der Waals surface area contributed by atoms with E-state index in [0.29, 0.717) is 25.9 Å². The van der Waals surface area contributed by atoms with Gasteiger partial charge in [0.25, 0.3) is 11.6 Å². The molecule has 27 heavy (non-hydrogen) atoms. The summed E-state index contributed by atoms with van der Waals surface area (Å²) in [6, 6.07) is 5.41. The van der Waals surface area contributed by atoms with Crippen molar-refractivity contribution in [2.24, 2.45) is 0 Å². The summed E-state index contributed by atoms with van der Waals surface area (Å²) in [4.78, 5) is 35.5. The van der Waals surface area contributed by atoms with Crippen LogP contribution in [0.2, 0.25) is 0 Å². The lowest BCUT2D eigenvalue weighted by molar-refractivity contribution is -0.384. The van der Waals surface area contributed by atoms with Gasteiger partial charge in [0.1, 0.15) is 5.54 Å². The van der Waals surface area contributed by atoms with Gasteiger partial charge in [0.05, 0.1) is 17.6 Å². The number of anilines is 1. The van der Waals surface area contributed by atoms with Gasteiger partial charge < -0.3 is 15.4 Å². The smallest absolute Gasteiger partial charge is 0.338 e. The van der Waals surface area contributed by atoms with Crippen molar-refractivity contribution in [3.05, 3.63) is 52.3 Å². The van der Waals surface area contributed by atoms with E-state index in [1.165, 1.54) is 19.2 Å². The van der Waals surface area contributed by atoms with Crippen molar-refractivity contribution in [2.75, 3.05) is 25.5 Å². The maximum atomic E-state index is 13.1. The Morgan fingerprint density at radius 1 is 1.33 bits per heavy atom. The molecule has 1 aliphatic heterocycles. The van der Waals surface area contributed by atoms with Gasteiger partial charge in [-0.25, -0.2) is 4.79 Å². The quantitative estimate of drug-likeness (QED) is 0.459. The number of hydrogen-bond donors (Lipinski definition) is 2. The molecule has 1 amide bonds. The number of benzene rings is 1. The lowest BCUT2D eigenvalue weighted by atomic mass is 9.87. The highest BCUT2D eigenvalue weighted by atomic mass is 16.6. The minimum atomic E-state index is -0.912. The van der Waals surface area contributed by atoms with Crippen molar-refractivity contribution in [2.45, 2.75) is 18.4 Å². The van der Waals surface area contributed by atoms with Gasteiger partial charge in [0, 0.05) is 30.2 Å². The predicted octanol–water partition coefficient (Wildman–Crippen LogP) is 1.30. The molecular weight excluding hydrogens is 354 g/mol. The van der Waals surface area contributed by atoms with Crippen molar-refractivity contribution in [1.82, 2.24) is 15.1 Å². The summed E-state index contributed by atoms with van der Waals surface area (Å²) in [6.45, 7) is 1.27. The molecule has 0 bridgehead atoms. The summed E-state index contributed by atoms with van der Waals surface area (Å²) in [5.74, 6) is -1.07. The molecule has 2 aromatic rings. The topological polar surface area (TPSA) is 128 Å². The first kappa shape index (κ1) is 18.5. The second-order valence-corrected chi connectivity index (χ2v) is 6.20. The molecule has 0 saturated carbocycles. The summed E-state index contributed by atoms with van der Waals surface area (Å²) in [7, 11) is 1.18. The molecule has 0 radical (unpaired) electrons. The zero-order chi connectivity index (χ0) is 19.4. The van der Waals surface area contributed by atoms with Crippen LogP contribution >= 0.6 is 0 Å². The number of ether oxygens (including phenoxy) is 1. The number of rotatable bonds is 5. The van der Waals surface area contributed by atoms with Crippen LogP contribution in [0.5, 0.6) is 0 Å². The number of piperidine rings is 1. The molecule has 0 unspecified atom stereocenters. The molecule has 2 N–H and O–H groups in total. The first-order valence-corrected chi connectivity index (χ1v) is 8.36. The highest BCUT2D eigenvalue weighted by Gasteiger charge is 2.42. The molecule has 0 aliphatic carbocycles. The zero-order valence-electron chi connectivity index (χ0n) is 14.7. The molecule has 1 aliphatic rings. The average molecular weight is 373 g/mol. The van der Waals surface area contributed by atoms with Crippen LogP contribution in [0.25, 0.3) is 0 Å². The first-order chi connectivity index (χ1) is 13.0. The van der Waals surface area contributed by atoms with E-state index in [4.69, 9.17) is 0 Å². The van der Waals surface area contributed by atoms with Gasteiger partial charge in [0.15, 0.2) is 0 Å². The molecule has 1 saturated heterocycles. The van der Waals surface area contributed by atoms with Crippen LogP contribution in [0.4, 0.5) is 11.4 Å². The van der Waals surface area contributed by atoms with Crippen LogP contribution in [0.1, 0.15) is 23.2 Å². The van der Waals surface area contributed by atoms with E-state index in [-0.39, 0.29) is 22.8 Å². The van der Waals surface area contributed by atoms with E-state index in [1.54, 1.807) is 23.1 Å². The van der Waals surface area contributed by atoms with Crippen LogP contribution in [0.15, 0.2) is 36.7 Å². The zero-order valence-corrected chi connectivity index (χ0v) is 14.7. The standard InChI is InChI=1S/C17H19N5O5/c1-27-15(23)12-9-13(11-14(10-12)22(25)26)20-16(24)17(3-6-18-7-4-17)21-8-2-5-19-21/h2,5,8-11,18H,3-4,6-7H2,1H3,(H,20,24). The Morgan fingerprint density at radius 2 is 2.07 bits per heavy atom. The Bertz CT molecular complexity index is 859. The third-order valence-electron chi connectivity index (χ3n) is 4.60. The largest absolute Gasteiger partial charge is 0.465 e. The highest BCUT2D eigenvalue weighted by Crippen LogP contribution is 2.30. The number of nitrogens with zero attached hydrogens (tertiary/aromatic N) is 3. The van der Waals surface area contributed by atoms with Crippen molar-refractivity contribution in [3.63, 3.8) is 0 Å². The maximum Gasteiger partial charge on any atom is 0.338 e. The Kier molecular flexibility index (Phi) is 5.17. The second-order valence-electron chi connectivity index (χ2n) is 6.20. The summed E-state index contributed by atoms with van der Waals surface area (Å²) in [6.07, 6.45) is 4.34. The number of aromatic nitrogens is 2. The second kappa shape index (κ2) is 7.54. The number of nitrogens with one attached hydrogen (secondary N) is 2. The highest BCUT2D eigenvalue weighted by molar-refractivity contribution is 5.99. The fraction of sp³-hybridized carbons (Fsp3) is 0.353. The number of amides is 1. The number of nitro benzene ring substituents is 1. The maximum absolute atomic E-state index is 13.1. The Hall–Kier alpha value is -3.27. The lowest BCUT2D eigenvalue weighted by Crippen LogP contribution is -2.52. The molecular formula is C17H19N5O5. The first-order valence-electron chi connectivity index (χ1n) is 8.36. The number of hydrogen-bond acceptors (Lipinski definition) is 7. The molecule has 2 heterocycles. The molecule has 1 fully saturated rings. The van der Waals surface area contributed by atoms with Crippen LogP contribution < -0.4 is 10.6 Å². The third-order valence-corrected chi connectivity index (χ3v) is 4.60. The fourth-order valence-corrected chi connectivity index (χ4v) is 3.19. The van der Waals surface area contributed by atoms with Gasteiger partial charge in [-0.15, -0.1) is 0 Å². The number of methoxy groups -OCH3 is 1. The van der Waals surface area contributed by atoms with Crippen molar-refractivity contribution >= 4 is 23.3 Å². The van der Waals surface area contributed by atoms with Crippen molar-refractivity contribution in [3.8, 4) is 0 Å². The van der Waals surface area contributed by atoms with Crippen LogP contribution in [-0.4, -0.2) is 46.8 Å². The average Bonchev–Trinajstić information content (AvgIpc) is 3.22. The predicted molar refractivity (Wildman–Crippen MR) is 95.4 cm³/mol. The molecule has 10 heteroatoms. The molecule has 0 spiro atoms. The van der Waals surface area contributed by atoms with Crippen LogP contribution in [-0.2, 0) is 15.1 Å². The Morgan fingerprint density at radius 3 is 2.67 bits per heavy atom. The van der Waals surface area contributed by atoms with Crippen LogP contribution in [0, 0.1) is 10.1 Å². The van der Waals surface area contributed by atoms with E-state index < -0.39 is 16.4 Å². The SMILES string of the molecule is COC(=O)c1cc(NC(=O)C2(n3cccn3)CCNCC2)cc([N+](=O)[O-])c1. The summed E-state index contributed by atoms with van der Waals surface area (Å²) < 4.78 is 6.24. The van der Waals surface area contributed by atoms with Gasteiger partial charge in [-0.1, -0.05) is 0 Å². The van der Waals surface area contributed by atoms with E-state index in [0.717, 1.165) is 6.07 Å². The van der Waals surface area contributed by atoms with Gasteiger partial charge in [-0.2, -0.15) is 5.10 Å². The number of non-ortho nitro benzene ring substituents is 1. The molecule has 10 nitrogen and oxygen atoms in total. The number of carbonyl (C=O) groups is 2. The van der Waals surface area contributed by atoms with Gasteiger partial charge in [-0.05, 0) is 38.1 Å². The van der Waals surface area contributed by atoms with Gasteiger partial charge >= 0.3 is 5.97 Å². The van der Waals surface area contributed by atoms with E-state index in [1.807, 2.05) is 0 Å². The summed E-state index contributed by atoms with van der Waals surface area (Å²) >= 11 is 0. The Balaban J connectivity index is 1.95. The monoisotopic (exact) mass is 373 g/mol. The molecule has 142 valence electrons. The lowest BCUT2D eigenvalue weighted by Gasteiger charge is -2.36. The van der Waals surface area contributed by atoms with E-state index in [2.05, 4.69) is 20.5 Å². The number of esters is 1. The summed E-state index contributed by atoms with van der Waals surface area (Å²) in [5.41, 5.74) is -1.09. The minimum Gasteiger partial charge on any atom is -0.465 e. The molecule has 3 rings (SSSR count). The molecule has 1 aromatic heterocycles. The normalized spacial score (nSPS) is 15.7.